The van der Waals surface area contributed by atoms with Crippen molar-refractivity contribution in [2.24, 2.45) is 0 Å². The maximum absolute atomic E-state index is 13.7. The van der Waals surface area contributed by atoms with Gasteiger partial charge in [-0.1, -0.05) is 17.7 Å². The van der Waals surface area contributed by atoms with Crippen LogP contribution in [0.3, 0.4) is 0 Å². The third-order valence-electron chi connectivity index (χ3n) is 4.41. The molecule has 2 aromatic heterocycles. The van der Waals surface area contributed by atoms with E-state index in [4.69, 9.17) is 11.6 Å². The number of halogens is 2. The van der Waals surface area contributed by atoms with Crippen LogP contribution in [-0.2, 0) is 0 Å². The minimum absolute atomic E-state index is 0.460. The van der Waals surface area contributed by atoms with Crippen LogP contribution in [0.15, 0.2) is 30.1 Å². The number of thiazole rings is 1. The zero-order valence-electron chi connectivity index (χ0n) is 13.4. The van der Waals surface area contributed by atoms with Crippen LogP contribution < -0.4 is 0 Å². The Bertz CT molecular complexity index is 831. The number of allylic oxidation sites excluding steroid dienone is 2. The Morgan fingerprint density at radius 1 is 1.29 bits per heavy atom. The molecule has 126 valence electrons. The van der Waals surface area contributed by atoms with Gasteiger partial charge in [0.15, 0.2) is 5.65 Å². The zero-order valence-corrected chi connectivity index (χ0v) is 14.9. The van der Waals surface area contributed by atoms with E-state index < -0.39 is 6.17 Å². The minimum atomic E-state index is -0.724. The predicted octanol–water partition coefficient (Wildman–Crippen LogP) is 3.95. The molecule has 2 aromatic rings. The number of rotatable bonds is 2. The molecule has 2 aliphatic rings. The maximum atomic E-state index is 13.7. The number of pyridine rings is 1. The third kappa shape index (κ3) is 3.00. The van der Waals surface area contributed by atoms with Gasteiger partial charge in [0.25, 0.3) is 0 Å². The van der Waals surface area contributed by atoms with Crippen LogP contribution >= 0.6 is 22.9 Å². The number of alkyl halides is 1. The largest absolute Gasteiger partial charge is 0.357 e. The van der Waals surface area contributed by atoms with E-state index in [1.165, 1.54) is 0 Å². The lowest BCUT2D eigenvalue weighted by Crippen LogP contribution is -2.42. The summed E-state index contributed by atoms with van der Waals surface area (Å²) in [5.74, 6) is 1.09. The molecular formula is C17H18ClFN4S. The second-order valence-corrected chi connectivity index (χ2v) is 7.65. The lowest BCUT2D eigenvalue weighted by Gasteiger charge is -2.38. The molecule has 0 N–H and O–H groups in total. The number of hydrogen-bond acceptors (Lipinski definition) is 5. The molecule has 4 rings (SSSR count). The molecular weight excluding hydrogens is 347 g/mol. The highest BCUT2D eigenvalue weighted by Crippen LogP contribution is 2.31. The highest BCUT2D eigenvalue weighted by Gasteiger charge is 2.25. The fourth-order valence-corrected chi connectivity index (χ4v) is 4.31. The summed E-state index contributed by atoms with van der Waals surface area (Å²) in [6.07, 6.45) is 5.03. The average Bonchev–Trinajstić information content (AvgIpc) is 2.97. The second-order valence-electron chi connectivity index (χ2n) is 6.23. The van der Waals surface area contributed by atoms with Gasteiger partial charge in [-0.2, -0.15) is 0 Å². The molecule has 4 heterocycles. The van der Waals surface area contributed by atoms with Crippen LogP contribution in [0.1, 0.15) is 17.8 Å². The van der Waals surface area contributed by atoms with E-state index in [-0.39, 0.29) is 0 Å². The highest BCUT2D eigenvalue weighted by molar-refractivity contribution is 7.19. The van der Waals surface area contributed by atoms with Crippen molar-refractivity contribution in [3.8, 4) is 0 Å². The quantitative estimate of drug-likeness (QED) is 0.755. The van der Waals surface area contributed by atoms with E-state index in [0.29, 0.717) is 23.8 Å². The summed E-state index contributed by atoms with van der Waals surface area (Å²) in [7, 11) is 2.04. The monoisotopic (exact) mass is 364 g/mol. The Morgan fingerprint density at radius 2 is 2.17 bits per heavy atom. The van der Waals surface area contributed by atoms with Gasteiger partial charge in [0.05, 0.1) is 11.2 Å². The number of fused-ring (bicyclic) bond motifs is 1. The molecule has 0 unspecified atom stereocenters. The summed E-state index contributed by atoms with van der Waals surface area (Å²) in [5, 5.41) is 1.42. The van der Waals surface area contributed by atoms with E-state index in [9.17, 15) is 4.39 Å². The summed E-state index contributed by atoms with van der Waals surface area (Å²) >= 11 is 7.56. The van der Waals surface area contributed by atoms with Gasteiger partial charge in [-0.25, -0.2) is 14.4 Å². The van der Waals surface area contributed by atoms with Crippen LogP contribution in [0, 0.1) is 0 Å². The van der Waals surface area contributed by atoms with E-state index in [2.05, 4.69) is 31.9 Å². The molecule has 1 atom stereocenters. The van der Waals surface area contributed by atoms with Gasteiger partial charge in [0.2, 0.25) is 0 Å². The number of piperidine rings is 1. The molecule has 0 aliphatic carbocycles. The van der Waals surface area contributed by atoms with Gasteiger partial charge < -0.3 is 9.80 Å². The molecule has 0 spiro atoms. The summed E-state index contributed by atoms with van der Waals surface area (Å²) in [6, 6.07) is 3.74. The smallest absolute Gasteiger partial charge is 0.172 e. The van der Waals surface area contributed by atoms with Crippen molar-refractivity contribution in [2.75, 3.05) is 26.7 Å². The lowest BCUT2D eigenvalue weighted by molar-refractivity contribution is 0.137. The highest BCUT2D eigenvalue weighted by atomic mass is 35.5. The summed E-state index contributed by atoms with van der Waals surface area (Å²) in [5.41, 5.74) is 1.84. The van der Waals surface area contributed by atoms with Crippen molar-refractivity contribution in [3.05, 3.63) is 40.3 Å². The second kappa shape index (κ2) is 6.33. The number of aromatic nitrogens is 2. The zero-order chi connectivity index (χ0) is 16.7. The van der Waals surface area contributed by atoms with Crippen molar-refractivity contribution < 1.29 is 4.39 Å². The molecule has 0 amide bonds. The summed E-state index contributed by atoms with van der Waals surface area (Å²) < 4.78 is 14.7. The van der Waals surface area contributed by atoms with Gasteiger partial charge in [-0.15, -0.1) is 11.3 Å². The normalized spacial score (nSPS) is 21.9. The van der Waals surface area contributed by atoms with Crippen LogP contribution in [0.4, 0.5) is 4.39 Å². The van der Waals surface area contributed by atoms with Gasteiger partial charge >= 0.3 is 0 Å². The van der Waals surface area contributed by atoms with Crippen molar-refractivity contribution in [3.63, 3.8) is 0 Å². The number of likely N-dealkylation sites (tertiary alicyclic amines) is 1. The molecule has 0 saturated carbocycles. The molecule has 24 heavy (non-hydrogen) atoms. The first-order valence-corrected chi connectivity index (χ1v) is 9.24. The average molecular weight is 365 g/mol. The molecule has 2 aliphatic heterocycles. The van der Waals surface area contributed by atoms with Gasteiger partial charge in [-0.3, -0.25) is 0 Å². The Balaban J connectivity index is 1.62. The third-order valence-corrected chi connectivity index (χ3v) is 5.71. The van der Waals surface area contributed by atoms with Gasteiger partial charge in [-0.05, 0) is 31.1 Å². The fourth-order valence-electron chi connectivity index (χ4n) is 3.24. The van der Waals surface area contributed by atoms with E-state index in [1.54, 1.807) is 17.4 Å². The van der Waals surface area contributed by atoms with Crippen molar-refractivity contribution in [1.82, 2.24) is 19.8 Å². The topological polar surface area (TPSA) is 32.3 Å². The van der Waals surface area contributed by atoms with Crippen molar-refractivity contribution in [2.45, 2.75) is 19.0 Å². The Labute approximate surface area is 149 Å². The van der Waals surface area contributed by atoms with Crippen LogP contribution in [0.25, 0.3) is 15.9 Å². The molecule has 0 aromatic carbocycles. The lowest BCUT2D eigenvalue weighted by atomic mass is 10.1. The fraction of sp³-hybridized carbons (Fsp3) is 0.412. The maximum Gasteiger partial charge on any atom is 0.172 e. The Kier molecular flexibility index (Phi) is 4.18. The molecule has 1 saturated heterocycles. The van der Waals surface area contributed by atoms with E-state index in [1.807, 2.05) is 13.1 Å². The van der Waals surface area contributed by atoms with E-state index in [0.717, 1.165) is 40.6 Å². The SMILES string of the molecule is CN1CC(c2nc3nc(Cl)ccc3s2)=CC=C1N1CCC[C@H](F)C1. The predicted molar refractivity (Wildman–Crippen MR) is 96.8 cm³/mol. The molecule has 0 radical (unpaired) electrons. The molecule has 7 heteroatoms. The number of nitrogens with zero attached hydrogens (tertiary/aromatic N) is 4. The molecule has 0 bridgehead atoms. The van der Waals surface area contributed by atoms with Crippen molar-refractivity contribution in [1.29, 1.82) is 0 Å². The Hall–Kier alpha value is -1.66. The Morgan fingerprint density at radius 3 is 2.96 bits per heavy atom. The standard InChI is InChI=1S/C17H18ClFN4S/c1-22-9-11(4-7-15(22)23-8-2-3-12(19)10-23)17-21-16-13(24-17)5-6-14(18)20-16/h4-7,12H,2-3,8-10H2,1H3/t12-/m0/s1. The summed E-state index contributed by atoms with van der Waals surface area (Å²) in [4.78, 5) is 13.2. The van der Waals surface area contributed by atoms with Gasteiger partial charge in [0, 0.05) is 25.7 Å². The van der Waals surface area contributed by atoms with E-state index >= 15 is 0 Å². The van der Waals surface area contributed by atoms with Crippen LogP contribution in [0.5, 0.6) is 0 Å². The number of likely N-dealkylation sites (N-methyl/N-ethyl adjacent to an activating group) is 1. The van der Waals surface area contributed by atoms with Gasteiger partial charge in [0.1, 0.15) is 22.2 Å². The van der Waals surface area contributed by atoms with Crippen LogP contribution in [-0.4, -0.2) is 52.6 Å². The van der Waals surface area contributed by atoms with Crippen molar-refractivity contribution >= 4 is 38.9 Å². The molecule has 1 fully saturated rings. The summed E-state index contributed by atoms with van der Waals surface area (Å²) in [6.45, 7) is 2.17. The first kappa shape index (κ1) is 15.8. The molecule has 4 nitrogen and oxygen atoms in total. The number of hydrogen-bond donors (Lipinski definition) is 0. The first-order valence-electron chi connectivity index (χ1n) is 8.04. The first-order chi connectivity index (χ1) is 11.6. The van der Waals surface area contributed by atoms with Crippen LogP contribution in [0.2, 0.25) is 5.15 Å². The minimum Gasteiger partial charge on any atom is -0.357 e.